The largest absolute Gasteiger partial charge is 0.354 e. The summed E-state index contributed by atoms with van der Waals surface area (Å²) in [5.41, 5.74) is 4.20. The first-order valence-electron chi connectivity index (χ1n) is 7.87. The lowest BCUT2D eigenvalue weighted by Gasteiger charge is -2.08. The first kappa shape index (κ1) is 15.5. The van der Waals surface area contributed by atoms with Gasteiger partial charge in [-0.05, 0) is 39.5 Å². The van der Waals surface area contributed by atoms with Gasteiger partial charge in [-0.2, -0.15) is 20.1 Å². The number of aromatic nitrogens is 3. The van der Waals surface area contributed by atoms with Crippen LogP contribution in [0.4, 0.5) is 17.8 Å². The summed E-state index contributed by atoms with van der Waals surface area (Å²) < 4.78 is 0. The van der Waals surface area contributed by atoms with Crippen molar-refractivity contribution in [3.8, 4) is 0 Å². The number of hydrogen-bond donors (Lipinski definition) is 3. The van der Waals surface area contributed by atoms with Crippen LogP contribution in [0.5, 0.6) is 0 Å². The van der Waals surface area contributed by atoms with Crippen LogP contribution in [0, 0.1) is 0 Å². The monoisotopic (exact) mass is 291 g/mol. The van der Waals surface area contributed by atoms with Crippen LogP contribution in [0.15, 0.2) is 5.10 Å². The molecule has 21 heavy (non-hydrogen) atoms. The van der Waals surface area contributed by atoms with E-state index in [-0.39, 0.29) is 0 Å². The van der Waals surface area contributed by atoms with E-state index in [1.165, 1.54) is 31.4 Å². The van der Waals surface area contributed by atoms with Crippen LogP contribution in [-0.4, -0.2) is 33.8 Å². The second-order valence-corrected chi connectivity index (χ2v) is 5.07. The molecule has 0 aromatic carbocycles. The fraction of sp³-hybridized carbons (Fsp3) is 0.714. The normalized spacial score (nSPS) is 15.2. The number of rotatable bonds is 6. The van der Waals surface area contributed by atoms with E-state index in [4.69, 9.17) is 0 Å². The van der Waals surface area contributed by atoms with Crippen molar-refractivity contribution in [2.45, 2.75) is 52.4 Å². The number of anilines is 3. The lowest BCUT2D eigenvalue weighted by atomic mass is 10.2. The van der Waals surface area contributed by atoms with Crippen molar-refractivity contribution < 1.29 is 0 Å². The van der Waals surface area contributed by atoms with E-state index in [1.807, 2.05) is 13.8 Å². The molecule has 0 aliphatic heterocycles. The van der Waals surface area contributed by atoms with Crippen LogP contribution in [-0.2, 0) is 0 Å². The van der Waals surface area contributed by atoms with E-state index < -0.39 is 0 Å². The molecule has 0 spiro atoms. The zero-order chi connectivity index (χ0) is 14.9. The van der Waals surface area contributed by atoms with E-state index in [2.05, 4.69) is 36.1 Å². The highest BCUT2D eigenvalue weighted by molar-refractivity contribution is 5.85. The molecular weight excluding hydrogens is 266 g/mol. The summed E-state index contributed by atoms with van der Waals surface area (Å²) in [6, 6.07) is 0. The molecule has 1 aromatic rings. The topological polar surface area (TPSA) is 87.1 Å². The minimum Gasteiger partial charge on any atom is -0.354 e. The predicted molar refractivity (Wildman–Crippen MR) is 86.9 cm³/mol. The Morgan fingerprint density at radius 3 is 1.86 bits per heavy atom. The molecule has 2 rings (SSSR count). The molecule has 1 heterocycles. The maximum Gasteiger partial charge on any atom is 0.250 e. The average Bonchev–Trinajstić information content (AvgIpc) is 2.74. The van der Waals surface area contributed by atoms with E-state index in [1.54, 1.807) is 0 Å². The molecule has 1 saturated carbocycles. The first-order valence-corrected chi connectivity index (χ1v) is 7.87. The van der Waals surface area contributed by atoms with Gasteiger partial charge in [0.25, 0.3) is 0 Å². The molecule has 1 aliphatic rings. The Morgan fingerprint density at radius 2 is 1.33 bits per heavy atom. The average molecular weight is 291 g/mol. The molecule has 0 bridgehead atoms. The van der Waals surface area contributed by atoms with Crippen molar-refractivity contribution >= 4 is 23.6 Å². The van der Waals surface area contributed by atoms with E-state index in [0.717, 1.165) is 25.9 Å². The van der Waals surface area contributed by atoms with Gasteiger partial charge in [-0.1, -0.05) is 12.8 Å². The van der Waals surface area contributed by atoms with Gasteiger partial charge in [0.2, 0.25) is 17.8 Å². The lowest BCUT2D eigenvalue weighted by molar-refractivity contribution is 0.702. The molecule has 1 fully saturated rings. The van der Waals surface area contributed by atoms with Crippen molar-refractivity contribution in [3.63, 3.8) is 0 Å². The number of hydrogen-bond acceptors (Lipinski definition) is 7. The second-order valence-electron chi connectivity index (χ2n) is 5.07. The standard InChI is InChI=1S/C14H25N7/c1-3-15-12-17-13(16-4-2)19-14(18-12)21-20-11-9-7-5-6-8-10-11/h3-10H2,1-2H3,(H3,15,16,17,18,19,21). The molecule has 7 heteroatoms. The number of nitrogens with one attached hydrogen (secondary N) is 3. The van der Waals surface area contributed by atoms with Gasteiger partial charge in [0.1, 0.15) is 0 Å². The van der Waals surface area contributed by atoms with Crippen molar-refractivity contribution in [3.05, 3.63) is 0 Å². The second kappa shape index (κ2) is 8.39. The van der Waals surface area contributed by atoms with Crippen molar-refractivity contribution in [2.75, 3.05) is 29.1 Å². The minimum atomic E-state index is 0.480. The van der Waals surface area contributed by atoms with Crippen LogP contribution in [0.1, 0.15) is 52.4 Å². The van der Waals surface area contributed by atoms with Gasteiger partial charge in [0.05, 0.1) is 0 Å². The highest BCUT2D eigenvalue weighted by Crippen LogP contribution is 2.15. The summed E-state index contributed by atoms with van der Waals surface area (Å²) in [7, 11) is 0. The Balaban J connectivity index is 2.08. The molecule has 0 atom stereocenters. The maximum absolute atomic E-state index is 4.47. The van der Waals surface area contributed by atoms with Gasteiger partial charge in [-0.15, -0.1) is 0 Å². The third kappa shape index (κ3) is 5.17. The van der Waals surface area contributed by atoms with Gasteiger partial charge >= 0.3 is 0 Å². The summed E-state index contributed by atoms with van der Waals surface area (Å²) in [4.78, 5) is 12.9. The lowest BCUT2D eigenvalue weighted by Crippen LogP contribution is -2.11. The summed E-state index contributed by atoms with van der Waals surface area (Å²) in [6.07, 6.45) is 7.20. The molecule has 0 amide bonds. The Hall–Kier alpha value is -1.92. The predicted octanol–water partition coefficient (Wildman–Crippen LogP) is 2.86. The fourth-order valence-corrected chi connectivity index (χ4v) is 2.28. The Morgan fingerprint density at radius 1 is 0.810 bits per heavy atom. The SMILES string of the molecule is CCNc1nc(NCC)nc(NN=C2CCCCCC2)n1. The molecule has 7 nitrogen and oxygen atoms in total. The van der Waals surface area contributed by atoms with Gasteiger partial charge < -0.3 is 10.6 Å². The van der Waals surface area contributed by atoms with Crippen LogP contribution >= 0.6 is 0 Å². The molecule has 0 saturated heterocycles. The molecular formula is C14H25N7. The summed E-state index contributed by atoms with van der Waals surface area (Å²) in [6.45, 7) is 5.55. The van der Waals surface area contributed by atoms with Gasteiger partial charge in [-0.3, -0.25) is 0 Å². The molecule has 1 aromatic heterocycles. The fourth-order valence-electron chi connectivity index (χ4n) is 2.28. The van der Waals surface area contributed by atoms with E-state index >= 15 is 0 Å². The quantitative estimate of drug-likeness (QED) is 0.552. The summed E-state index contributed by atoms with van der Waals surface area (Å²) in [5.74, 6) is 1.60. The minimum absolute atomic E-state index is 0.480. The summed E-state index contributed by atoms with van der Waals surface area (Å²) >= 11 is 0. The maximum atomic E-state index is 4.47. The van der Waals surface area contributed by atoms with Crippen molar-refractivity contribution in [1.82, 2.24) is 15.0 Å². The molecule has 0 radical (unpaired) electrons. The highest BCUT2D eigenvalue weighted by atomic mass is 15.4. The third-order valence-electron chi connectivity index (χ3n) is 3.30. The van der Waals surface area contributed by atoms with Crippen LogP contribution in [0.3, 0.4) is 0 Å². The van der Waals surface area contributed by atoms with Gasteiger partial charge in [0.15, 0.2) is 0 Å². The molecule has 116 valence electrons. The van der Waals surface area contributed by atoms with Crippen LogP contribution < -0.4 is 16.1 Å². The van der Waals surface area contributed by atoms with Gasteiger partial charge in [-0.25, -0.2) is 5.43 Å². The summed E-state index contributed by atoms with van der Waals surface area (Å²) in [5, 5.41) is 10.7. The molecule has 1 aliphatic carbocycles. The van der Waals surface area contributed by atoms with Crippen LogP contribution in [0.2, 0.25) is 0 Å². The Labute approximate surface area is 126 Å². The third-order valence-corrected chi connectivity index (χ3v) is 3.30. The van der Waals surface area contributed by atoms with Gasteiger partial charge in [0, 0.05) is 18.8 Å². The smallest absolute Gasteiger partial charge is 0.250 e. The zero-order valence-electron chi connectivity index (χ0n) is 12.9. The first-order chi connectivity index (χ1) is 10.3. The Kier molecular flexibility index (Phi) is 6.18. The highest BCUT2D eigenvalue weighted by Gasteiger charge is 2.08. The molecule has 0 unspecified atom stereocenters. The number of nitrogens with zero attached hydrogens (tertiary/aromatic N) is 4. The Bertz CT molecular complexity index is 438. The van der Waals surface area contributed by atoms with Crippen molar-refractivity contribution in [2.24, 2.45) is 5.10 Å². The van der Waals surface area contributed by atoms with E-state index in [9.17, 15) is 0 Å². The zero-order valence-corrected chi connectivity index (χ0v) is 12.9. The molecule has 3 N–H and O–H groups in total. The van der Waals surface area contributed by atoms with E-state index in [0.29, 0.717) is 17.8 Å². The van der Waals surface area contributed by atoms with Crippen LogP contribution in [0.25, 0.3) is 0 Å². The number of hydrazone groups is 1. The van der Waals surface area contributed by atoms with Crippen molar-refractivity contribution in [1.29, 1.82) is 0 Å².